The fraction of sp³-hybridized carbons (Fsp3) is 0.417. The zero-order valence-corrected chi connectivity index (χ0v) is 10.2. The predicted octanol–water partition coefficient (Wildman–Crippen LogP) is 2.45. The molecule has 0 aromatic heterocycles. The molecule has 1 rings (SSSR count). The molecule has 88 valence electrons. The molecule has 0 bridgehead atoms. The molecule has 0 heterocycles. The van der Waals surface area contributed by atoms with E-state index in [9.17, 15) is 9.90 Å². The lowest BCUT2D eigenvalue weighted by Crippen LogP contribution is -2.25. The molecule has 1 aromatic carbocycles. The third-order valence-electron chi connectivity index (χ3n) is 2.22. The van der Waals surface area contributed by atoms with E-state index in [2.05, 4.69) is 5.32 Å². The fourth-order valence-electron chi connectivity index (χ4n) is 1.31. The van der Waals surface area contributed by atoms with Crippen LogP contribution >= 0.6 is 11.6 Å². The van der Waals surface area contributed by atoms with Crippen molar-refractivity contribution in [2.24, 2.45) is 0 Å². The van der Waals surface area contributed by atoms with Crippen molar-refractivity contribution in [3.63, 3.8) is 0 Å². The Morgan fingerprint density at radius 3 is 2.88 bits per heavy atom. The van der Waals surface area contributed by atoms with Crippen molar-refractivity contribution in [3.8, 4) is 5.75 Å². The molecule has 16 heavy (non-hydrogen) atoms. The normalized spacial score (nSPS) is 12.2. The van der Waals surface area contributed by atoms with Crippen molar-refractivity contribution in [3.05, 3.63) is 29.3 Å². The van der Waals surface area contributed by atoms with Crippen LogP contribution in [-0.4, -0.2) is 22.9 Å². The van der Waals surface area contributed by atoms with Gasteiger partial charge in [-0.2, -0.15) is 0 Å². The molecule has 1 unspecified atom stereocenters. The van der Waals surface area contributed by atoms with Gasteiger partial charge in [0.25, 0.3) is 5.91 Å². The SMILES string of the molecule is Cc1ccc(O)c(C(=O)NCCC(C)Cl)c1. The highest BCUT2D eigenvalue weighted by Crippen LogP contribution is 2.17. The van der Waals surface area contributed by atoms with Crippen LogP contribution in [0, 0.1) is 6.92 Å². The molecule has 0 spiro atoms. The van der Waals surface area contributed by atoms with Crippen LogP contribution < -0.4 is 5.32 Å². The Morgan fingerprint density at radius 1 is 1.56 bits per heavy atom. The molecular weight excluding hydrogens is 226 g/mol. The molecule has 2 N–H and O–H groups in total. The summed E-state index contributed by atoms with van der Waals surface area (Å²) in [6, 6.07) is 4.94. The minimum absolute atomic E-state index is 0.00187. The molecule has 0 fully saturated rings. The zero-order valence-electron chi connectivity index (χ0n) is 9.46. The van der Waals surface area contributed by atoms with Crippen LogP contribution in [0.1, 0.15) is 29.3 Å². The summed E-state index contributed by atoms with van der Waals surface area (Å²) in [6.45, 7) is 4.26. The average molecular weight is 242 g/mol. The van der Waals surface area contributed by atoms with E-state index >= 15 is 0 Å². The maximum atomic E-state index is 11.7. The first kappa shape index (κ1) is 12.8. The number of phenolic OH excluding ortho intramolecular Hbond substituents is 1. The van der Waals surface area contributed by atoms with Crippen molar-refractivity contribution in [1.29, 1.82) is 0 Å². The monoisotopic (exact) mass is 241 g/mol. The number of benzene rings is 1. The van der Waals surface area contributed by atoms with Gasteiger partial charge in [-0.3, -0.25) is 4.79 Å². The van der Waals surface area contributed by atoms with Crippen LogP contribution in [0.4, 0.5) is 0 Å². The largest absolute Gasteiger partial charge is 0.507 e. The number of carbonyl (C=O) groups is 1. The molecule has 0 saturated carbocycles. The third-order valence-corrected chi connectivity index (χ3v) is 2.44. The van der Waals surface area contributed by atoms with Crippen molar-refractivity contribution in [2.75, 3.05) is 6.54 Å². The van der Waals surface area contributed by atoms with Crippen molar-refractivity contribution in [1.82, 2.24) is 5.32 Å². The van der Waals surface area contributed by atoms with Gasteiger partial charge in [0.15, 0.2) is 0 Å². The smallest absolute Gasteiger partial charge is 0.255 e. The van der Waals surface area contributed by atoms with E-state index in [1.807, 2.05) is 13.8 Å². The second kappa shape index (κ2) is 5.75. The first-order valence-electron chi connectivity index (χ1n) is 5.22. The quantitative estimate of drug-likeness (QED) is 0.796. The zero-order chi connectivity index (χ0) is 12.1. The van der Waals surface area contributed by atoms with E-state index in [-0.39, 0.29) is 17.0 Å². The minimum atomic E-state index is -0.265. The summed E-state index contributed by atoms with van der Waals surface area (Å²) in [5.74, 6) is -0.263. The number of phenols is 1. The van der Waals surface area contributed by atoms with Gasteiger partial charge in [0.2, 0.25) is 0 Å². The molecule has 0 aliphatic rings. The second-order valence-electron chi connectivity index (χ2n) is 3.85. The highest BCUT2D eigenvalue weighted by Gasteiger charge is 2.10. The van der Waals surface area contributed by atoms with E-state index in [0.717, 1.165) is 5.56 Å². The Labute approximate surface area is 100 Å². The number of carbonyl (C=O) groups excluding carboxylic acids is 1. The number of aromatic hydroxyl groups is 1. The second-order valence-corrected chi connectivity index (χ2v) is 4.59. The van der Waals surface area contributed by atoms with E-state index in [0.29, 0.717) is 18.5 Å². The van der Waals surface area contributed by atoms with E-state index in [1.165, 1.54) is 6.07 Å². The van der Waals surface area contributed by atoms with E-state index < -0.39 is 0 Å². The molecule has 0 aliphatic carbocycles. The van der Waals surface area contributed by atoms with Gasteiger partial charge in [-0.1, -0.05) is 11.6 Å². The van der Waals surface area contributed by atoms with Crippen LogP contribution in [-0.2, 0) is 0 Å². The van der Waals surface area contributed by atoms with Gasteiger partial charge in [-0.15, -0.1) is 11.6 Å². The molecule has 0 radical (unpaired) electrons. The number of aryl methyl sites for hydroxylation is 1. The average Bonchev–Trinajstić information content (AvgIpc) is 2.21. The van der Waals surface area contributed by atoms with E-state index in [4.69, 9.17) is 11.6 Å². The highest BCUT2D eigenvalue weighted by molar-refractivity contribution is 6.20. The van der Waals surface area contributed by atoms with Crippen LogP contribution in [0.15, 0.2) is 18.2 Å². The summed E-state index contributed by atoms with van der Waals surface area (Å²) in [5, 5.41) is 12.3. The molecule has 1 amide bonds. The summed E-state index contributed by atoms with van der Waals surface area (Å²) in [6.07, 6.45) is 0.708. The molecular formula is C12H16ClNO2. The molecule has 1 aromatic rings. The summed E-state index contributed by atoms with van der Waals surface area (Å²) in [7, 11) is 0. The van der Waals surface area contributed by atoms with Crippen LogP contribution in [0.2, 0.25) is 0 Å². The lowest BCUT2D eigenvalue weighted by molar-refractivity contribution is 0.0950. The molecule has 0 aliphatic heterocycles. The molecule has 4 heteroatoms. The predicted molar refractivity (Wildman–Crippen MR) is 65.1 cm³/mol. The third kappa shape index (κ3) is 3.74. The van der Waals surface area contributed by atoms with Gasteiger partial charge in [-0.25, -0.2) is 0 Å². The lowest BCUT2D eigenvalue weighted by Gasteiger charge is -2.08. The highest BCUT2D eigenvalue weighted by atomic mass is 35.5. The summed E-state index contributed by atoms with van der Waals surface area (Å²) < 4.78 is 0. The first-order valence-corrected chi connectivity index (χ1v) is 5.66. The van der Waals surface area contributed by atoms with Gasteiger partial charge < -0.3 is 10.4 Å². The van der Waals surface area contributed by atoms with Gasteiger partial charge in [0, 0.05) is 11.9 Å². The summed E-state index contributed by atoms with van der Waals surface area (Å²) in [4.78, 5) is 11.7. The molecule has 1 atom stereocenters. The van der Waals surface area contributed by atoms with Crippen LogP contribution in [0.25, 0.3) is 0 Å². The topological polar surface area (TPSA) is 49.3 Å². The summed E-state index contributed by atoms with van der Waals surface area (Å²) in [5.41, 5.74) is 1.25. The first-order chi connectivity index (χ1) is 7.50. The van der Waals surface area contributed by atoms with Crippen molar-refractivity contribution < 1.29 is 9.90 Å². The van der Waals surface area contributed by atoms with Crippen LogP contribution in [0.5, 0.6) is 5.75 Å². The Bertz CT molecular complexity index is 377. The van der Waals surface area contributed by atoms with E-state index in [1.54, 1.807) is 12.1 Å². The van der Waals surface area contributed by atoms with Gasteiger partial charge in [-0.05, 0) is 32.4 Å². The minimum Gasteiger partial charge on any atom is -0.507 e. The number of rotatable bonds is 4. The number of amides is 1. The number of hydrogen-bond donors (Lipinski definition) is 2. The number of halogens is 1. The molecule has 3 nitrogen and oxygen atoms in total. The van der Waals surface area contributed by atoms with Crippen molar-refractivity contribution >= 4 is 17.5 Å². The van der Waals surface area contributed by atoms with Gasteiger partial charge in [0.05, 0.1) is 5.56 Å². The van der Waals surface area contributed by atoms with Crippen LogP contribution in [0.3, 0.4) is 0 Å². The van der Waals surface area contributed by atoms with Gasteiger partial charge >= 0.3 is 0 Å². The maximum Gasteiger partial charge on any atom is 0.255 e. The fourth-order valence-corrected chi connectivity index (χ4v) is 1.42. The molecule has 0 saturated heterocycles. The Morgan fingerprint density at radius 2 is 2.25 bits per heavy atom. The standard InChI is InChI=1S/C12H16ClNO2/c1-8-3-4-11(15)10(7-8)12(16)14-6-5-9(2)13/h3-4,7,9,15H,5-6H2,1-2H3,(H,14,16). The van der Waals surface area contributed by atoms with Crippen molar-refractivity contribution in [2.45, 2.75) is 25.6 Å². The maximum absolute atomic E-state index is 11.7. The summed E-state index contributed by atoms with van der Waals surface area (Å²) >= 11 is 5.76. The Hall–Kier alpha value is -1.22. The number of nitrogens with one attached hydrogen (secondary N) is 1. The Balaban J connectivity index is 2.62. The lowest BCUT2D eigenvalue weighted by atomic mass is 10.1. The Kier molecular flexibility index (Phi) is 4.62. The number of hydrogen-bond acceptors (Lipinski definition) is 2. The number of alkyl halides is 1. The van der Waals surface area contributed by atoms with Gasteiger partial charge in [0.1, 0.15) is 5.75 Å².